The maximum absolute atomic E-state index is 11.8. The molecule has 18 heavy (non-hydrogen) atoms. The average molecular weight is 270 g/mol. The lowest BCUT2D eigenvalue weighted by Crippen LogP contribution is -2.29. The second kappa shape index (κ2) is 6.01. The van der Waals surface area contributed by atoms with Crippen LogP contribution in [0.3, 0.4) is 0 Å². The van der Waals surface area contributed by atoms with Crippen LogP contribution in [0, 0.1) is 0 Å². The van der Waals surface area contributed by atoms with Crippen LogP contribution >= 0.6 is 11.3 Å². The zero-order chi connectivity index (χ0) is 13.0. The number of thiazole rings is 1. The second-order valence-corrected chi connectivity index (χ2v) is 5.22. The van der Waals surface area contributed by atoms with Gasteiger partial charge in [0.25, 0.3) is 5.91 Å². The van der Waals surface area contributed by atoms with Crippen molar-refractivity contribution in [3.63, 3.8) is 0 Å². The molecule has 1 saturated heterocycles. The zero-order valence-corrected chi connectivity index (χ0v) is 11.0. The lowest BCUT2D eigenvalue weighted by molar-refractivity contribution is 0.0949. The normalized spacial score (nSPS) is 15.7. The summed E-state index contributed by atoms with van der Waals surface area (Å²) < 4.78 is 0. The monoisotopic (exact) mass is 270 g/mol. The Morgan fingerprint density at radius 2 is 2.17 bits per heavy atom. The number of nitrogen functional groups attached to an aromatic ring is 1. The number of aromatic nitrogens is 1. The van der Waals surface area contributed by atoms with Crippen LogP contribution in [0.25, 0.3) is 0 Å². The van der Waals surface area contributed by atoms with Crippen LogP contribution in [0.15, 0.2) is 0 Å². The Morgan fingerprint density at radius 3 is 2.83 bits per heavy atom. The first-order valence-electron chi connectivity index (χ1n) is 6.12. The second-order valence-electron chi connectivity index (χ2n) is 4.24. The molecule has 0 unspecified atom stereocenters. The van der Waals surface area contributed by atoms with Crippen molar-refractivity contribution in [2.24, 2.45) is 0 Å². The fraction of sp³-hybridized carbons (Fsp3) is 0.636. The third-order valence-corrected chi connectivity index (χ3v) is 4.00. The molecule has 0 radical (unpaired) electrons. The molecule has 1 aliphatic rings. The topological polar surface area (TPSA) is 91.5 Å². The van der Waals surface area contributed by atoms with Gasteiger partial charge in [-0.2, -0.15) is 0 Å². The van der Waals surface area contributed by atoms with Gasteiger partial charge < -0.3 is 21.1 Å². The first kappa shape index (κ1) is 13.1. The number of aliphatic hydroxyl groups is 1. The third-order valence-electron chi connectivity index (χ3n) is 2.87. The molecule has 0 saturated carbocycles. The highest BCUT2D eigenvalue weighted by molar-refractivity contribution is 7.18. The van der Waals surface area contributed by atoms with Crippen molar-refractivity contribution in [2.75, 3.05) is 36.9 Å². The largest absolute Gasteiger partial charge is 0.395 e. The maximum Gasteiger partial charge on any atom is 0.265 e. The lowest BCUT2D eigenvalue weighted by atomic mass is 10.1. The summed E-state index contributed by atoms with van der Waals surface area (Å²) in [7, 11) is 0. The Balaban J connectivity index is 2.08. The van der Waals surface area contributed by atoms with Crippen molar-refractivity contribution in [3.8, 4) is 0 Å². The van der Waals surface area contributed by atoms with Crippen LogP contribution in [-0.2, 0) is 0 Å². The van der Waals surface area contributed by atoms with Crippen LogP contribution in [0.4, 0.5) is 10.9 Å². The number of hydrogen-bond acceptors (Lipinski definition) is 6. The average Bonchev–Trinajstić information content (AvgIpc) is 2.79. The van der Waals surface area contributed by atoms with E-state index in [-0.39, 0.29) is 24.9 Å². The molecule has 0 atom stereocenters. The van der Waals surface area contributed by atoms with E-state index in [0.29, 0.717) is 4.88 Å². The van der Waals surface area contributed by atoms with Gasteiger partial charge in [-0.15, -0.1) is 0 Å². The predicted octanol–water partition coefficient (Wildman–Crippen LogP) is 0.438. The molecule has 4 N–H and O–H groups in total. The third kappa shape index (κ3) is 2.91. The summed E-state index contributed by atoms with van der Waals surface area (Å²) in [6, 6.07) is 0. The molecule has 0 spiro atoms. The molecular formula is C11H18N4O2S. The molecule has 0 bridgehead atoms. The molecule has 0 aromatic carbocycles. The molecule has 1 aliphatic heterocycles. The lowest BCUT2D eigenvalue weighted by Gasteiger charge is -2.25. The molecule has 6 nitrogen and oxygen atoms in total. The van der Waals surface area contributed by atoms with Gasteiger partial charge in [0.1, 0.15) is 10.7 Å². The molecule has 7 heteroatoms. The molecule has 2 heterocycles. The summed E-state index contributed by atoms with van der Waals surface area (Å²) in [6.45, 7) is 2.11. The van der Waals surface area contributed by atoms with Crippen molar-refractivity contribution >= 4 is 28.2 Å². The van der Waals surface area contributed by atoms with E-state index in [1.807, 2.05) is 0 Å². The minimum Gasteiger partial charge on any atom is -0.395 e. The molecule has 1 amide bonds. The van der Waals surface area contributed by atoms with Gasteiger partial charge in [0.2, 0.25) is 0 Å². The fourth-order valence-electron chi connectivity index (χ4n) is 1.95. The Morgan fingerprint density at radius 1 is 1.44 bits per heavy atom. The standard InChI is InChI=1S/C11H18N4O2S/c12-9-8(10(17)13-4-7-16)18-11(14-9)15-5-2-1-3-6-15/h16H,1-7,12H2,(H,13,17). The van der Waals surface area contributed by atoms with Gasteiger partial charge in [0.15, 0.2) is 5.13 Å². The van der Waals surface area contributed by atoms with Gasteiger partial charge in [0.05, 0.1) is 6.61 Å². The number of hydrogen-bond donors (Lipinski definition) is 3. The number of aliphatic hydroxyl groups excluding tert-OH is 1. The fourth-order valence-corrected chi connectivity index (χ4v) is 2.91. The number of carbonyl (C=O) groups excluding carboxylic acids is 1. The molecule has 1 aromatic rings. The number of nitrogens with zero attached hydrogens (tertiary/aromatic N) is 2. The number of rotatable bonds is 4. The predicted molar refractivity (Wildman–Crippen MR) is 72.0 cm³/mol. The highest BCUT2D eigenvalue weighted by Gasteiger charge is 2.20. The minimum atomic E-state index is -0.262. The first-order chi connectivity index (χ1) is 8.72. The van der Waals surface area contributed by atoms with Crippen LogP contribution in [0.1, 0.15) is 28.9 Å². The summed E-state index contributed by atoms with van der Waals surface area (Å²) in [5, 5.41) is 12.1. The number of piperidine rings is 1. The number of nitrogens with two attached hydrogens (primary N) is 1. The van der Waals surface area contributed by atoms with Crippen LogP contribution in [0.2, 0.25) is 0 Å². The van der Waals surface area contributed by atoms with E-state index >= 15 is 0 Å². The maximum atomic E-state index is 11.8. The van der Waals surface area contributed by atoms with Crippen LogP contribution < -0.4 is 16.0 Å². The van der Waals surface area contributed by atoms with E-state index in [0.717, 1.165) is 31.1 Å². The number of carbonyl (C=O) groups is 1. The van der Waals surface area contributed by atoms with Gasteiger partial charge in [-0.1, -0.05) is 11.3 Å². The van der Waals surface area contributed by atoms with E-state index in [4.69, 9.17) is 10.8 Å². The first-order valence-corrected chi connectivity index (χ1v) is 6.94. The molecule has 2 rings (SSSR count). The number of nitrogens with one attached hydrogen (secondary N) is 1. The Labute approximate surface area is 110 Å². The van der Waals surface area contributed by atoms with Gasteiger partial charge in [-0.25, -0.2) is 4.98 Å². The van der Waals surface area contributed by atoms with E-state index in [2.05, 4.69) is 15.2 Å². The summed E-state index contributed by atoms with van der Waals surface area (Å²) in [5.74, 6) is 0.0123. The van der Waals surface area contributed by atoms with E-state index in [1.165, 1.54) is 17.8 Å². The highest BCUT2D eigenvalue weighted by Crippen LogP contribution is 2.29. The van der Waals surface area contributed by atoms with Crippen molar-refractivity contribution in [3.05, 3.63) is 4.88 Å². The van der Waals surface area contributed by atoms with Gasteiger partial charge in [-0.05, 0) is 19.3 Å². The minimum absolute atomic E-state index is 0.0799. The van der Waals surface area contributed by atoms with Crippen LogP contribution in [0.5, 0.6) is 0 Å². The van der Waals surface area contributed by atoms with Crippen molar-refractivity contribution in [1.29, 1.82) is 0 Å². The van der Waals surface area contributed by atoms with Gasteiger partial charge in [-0.3, -0.25) is 4.79 Å². The van der Waals surface area contributed by atoms with Crippen molar-refractivity contribution < 1.29 is 9.90 Å². The molecule has 100 valence electrons. The van der Waals surface area contributed by atoms with E-state index < -0.39 is 0 Å². The van der Waals surface area contributed by atoms with Gasteiger partial charge >= 0.3 is 0 Å². The van der Waals surface area contributed by atoms with E-state index in [1.54, 1.807) is 0 Å². The number of anilines is 2. The quantitative estimate of drug-likeness (QED) is 0.738. The van der Waals surface area contributed by atoms with E-state index in [9.17, 15) is 4.79 Å². The Bertz CT molecular complexity index is 415. The summed E-state index contributed by atoms with van der Waals surface area (Å²) in [4.78, 5) is 18.6. The zero-order valence-electron chi connectivity index (χ0n) is 10.2. The molecule has 1 aromatic heterocycles. The smallest absolute Gasteiger partial charge is 0.265 e. The SMILES string of the molecule is Nc1nc(N2CCCCC2)sc1C(=O)NCCO. The summed E-state index contributed by atoms with van der Waals surface area (Å²) in [5.41, 5.74) is 5.77. The summed E-state index contributed by atoms with van der Waals surface area (Å²) >= 11 is 1.32. The van der Waals surface area contributed by atoms with Gasteiger partial charge in [0, 0.05) is 19.6 Å². The summed E-state index contributed by atoms with van der Waals surface area (Å²) in [6.07, 6.45) is 3.57. The number of amides is 1. The van der Waals surface area contributed by atoms with Crippen LogP contribution in [-0.4, -0.2) is 42.2 Å². The van der Waals surface area contributed by atoms with Crippen molar-refractivity contribution in [2.45, 2.75) is 19.3 Å². The molecule has 1 fully saturated rings. The molecular weight excluding hydrogens is 252 g/mol. The Hall–Kier alpha value is -1.34. The Kier molecular flexibility index (Phi) is 4.38. The highest BCUT2D eigenvalue weighted by atomic mass is 32.1. The van der Waals surface area contributed by atoms with Crippen molar-refractivity contribution in [1.82, 2.24) is 10.3 Å². The molecule has 0 aliphatic carbocycles.